The molecule has 1 aliphatic heterocycles. The Balaban J connectivity index is 2.43. The Labute approximate surface area is 64.2 Å². The third-order valence-electron chi connectivity index (χ3n) is 1.86. The minimum atomic E-state index is 0.0358. The van der Waals surface area contributed by atoms with Gasteiger partial charge in [-0.3, -0.25) is 9.48 Å². The van der Waals surface area contributed by atoms with Crippen molar-refractivity contribution in [3.05, 3.63) is 18.0 Å². The number of carbonyl (C=O) groups excluding carboxylic acids is 1. The molecule has 1 aromatic heterocycles. The average Bonchev–Trinajstić information content (AvgIpc) is 2.34. The van der Waals surface area contributed by atoms with Gasteiger partial charge in [0.2, 0.25) is 5.91 Å². The fraction of sp³-hybridized carbons (Fsp3) is 0.429. The lowest BCUT2D eigenvalue weighted by Gasteiger charge is -2.20. The Morgan fingerprint density at radius 1 is 1.82 bits per heavy atom. The third kappa shape index (κ3) is 0.906. The van der Waals surface area contributed by atoms with Gasteiger partial charge in [-0.25, -0.2) is 0 Å². The van der Waals surface area contributed by atoms with Crippen LogP contribution in [0.1, 0.15) is 18.7 Å². The number of amides is 1. The number of carbonyl (C=O) groups is 1. The molecule has 4 nitrogen and oxygen atoms in total. The van der Waals surface area contributed by atoms with Crippen LogP contribution in [0.25, 0.3) is 0 Å². The summed E-state index contributed by atoms with van der Waals surface area (Å²) in [6.07, 6.45) is 1.71. The highest BCUT2D eigenvalue weighted by Gasteiger charge is 2.20. The molecule has 2 heterocycles. The summed E-state index contributed by atoms with van der Waals surface area (Å²) in [5.41, 5.74) is 1.07. The van der Waals surface area contributed by atoms with Crippen LogP contribution < -0.4 is 5.32 Å². The lowest BCUT2D eigenvalue weighted by Crippen LogP contribution is -2.37. The molecule has 0 aliphatic carbocycles. The first-order valence-electron chi connectivity index (χ1n) is 3.58. The predicted octanol–water partition coefficient (Wildman–Crippen LogP) is 0.0739. The van der Waals surface area contributed by atoms with Crippen molar-refractivity contribution in [1.29, 1.82) is 0 Å². The first-order chi connectivity index (χ1) is 5.27. The molecule has 4 heteroatoms. The SMILES string of the molecule is CC1NC(=O)Cn2nccc21. The molecule has 0 radical (unpaired) electrons. The summed E-state index contributed by atoms with van der Waals surface area (Å²) in [4.78, 5) is 11.0. The van der Waals surface area contributed by atoms with Crippen molar-refractivity contribution in [1.82, 2.24) is 15.1 Å². The highest BCUT2D eigenvalue weighted by molar-refractivity contribution is 5.77. The molecule has 0 spiro atoms. The molecule has 1 N–H and O–H groups in total. The maximum Gasteiger partial charge on any atom is 0.242 e. The minimum Gasteiger partial charge on any atom is -0.346 e. The number of fused-ring (bicyclic) bond motifs is 1. The Morgan fingerprint density at radius 3 is 3.45 bits per heavy atom. The zero-order chi connectivity index (χ0) is 7.84. The molecule has 0 bridgehead atoms. The van der Waals surface area contributed by atoms with Gasteiger partial charge in [-0.2, -0.15) is 5.10 Å². The van der Waals surface area contributed by atoms with Crippen LogP contribution in [0.5, 0.6) is 0 Å². The van der Waals surface area contributed by atoms with Gasteiger partial charge in [0.05, 0.1) is 11.7 Å². The summed E-state index contributed by atoms with van der Waals surface area (Å²) >= 11 is 0. The van der Waals surface area contributed by atoms with E-state index in [2.05, 4.69) is 10.4 Å². The molecule has 1 unspecified atom stereocenters. The second-order valence-corrected chi connectivity index (χ2v) is 2.70. The lowest BCUT2D eigenvalue weighted by atomic mass is 10.2. The van der Waals surface area contributed by atoms with E-state index in [0.717, 1.165) is 5.69 Å². The fourth-order valence-corrected chi connectivity index (χ4v) is 1.34. The van der Waals surface area contributed by atoms with Gasteiger partial charge in [0, 0.05) is 6.20 Å². The summed E-state index contributed by atoms with van der Waals surface area (Å²) in [6.45, 7) is 2.30. The molecule has 0 saturated carbocycles. The fourth-order valence-electron chi connectivity index (χ4n) is 1.34. The summed E-state index contributed by atoms with van der Waals surface area (Å²) < 4.78 is 1.73. The van der Waals surface area contributed by atoms with Gasteiger partial charge in [-0.15, -0.1) is 0 Å². The van der Waals surface area contributed by atoms with E-state index in [1.807, 2.05) is 13.0 Å². The van der Waals surface area contributed by atoms with Crippen LogP contribution in [0.4, 0.5) is 0 Å². The molecule has 2 rings (SSSR count). The van der Waals surface area contributed by atoms with E-state index in [-0.39, 0.29) is 11.9 Å². The number of hydrogen-bond donors (Lipinski definition) is 1. The zero-order valence-corrected chi connectivity index (χ0v) is 6.24. The molecule has 0 saturated heterocycles. The molecule has 1 amide bonds. The van der Waals surface area contributed by atoms with Gasteiger partial charge in [0.15, 0.2) is 0 Å². The van der Waals surface area contributed by atoms with Gasteiger partial charge in [-0.1, -0.05) is 0 Å². The molecule has 1 aliphatic rings. The van der Waals surface area contributed by atoms with Crippen LogP contribution in [-0.2, 0) is 11.3 Å². The quantitative estimate of drug-likeness (QED) is 0.570. The Kier molecular flexibility index (Phi) is 1.21. The Hall–Kier alpha value is -1.32. The first kappa shape index (κ1) is 6.39. The van der Waals surface area contributed by atoms with Crippen LogP contribution in [0.15, 0.2) is 12.3 Å². The number of nitrogens with zero attached hydrogens (tertiary/aromatic N) is 2. The number of hydrogen-bond acceptors (Lipinski definition) is 2. The van der Waals surface area contributed by atoms with Crippen molar-refractivity contribution in [2.24, 2.45) is 0 Å². The van der Waals surface area contributed by atoms with E-state index in [1.54, 1.807) is 10.9 Å². The van der Waals surface area contributed by atoms with Crippen molar-refractivity contribution in [2.45, 2.75) is 19.5 Å². The Morgan fingerprint density at radius 2 is 2.64 bits per heavy atom. The van der Waals surface area contributed by atoms with E-state index >= 15 is 0 Å². The van der Waals surface area contributed by atoms with Crippen LogP contribution in [0, 0.1) is 0 Å². The first-order valence-corrected chi connectivity index (χ1v) is 3.58. The van der Waals surface area contributed by atoms with Crippen LogP contribution in [0.2, 0.25) is 0 Å². The third-order valence-corrected chi connectivity index (χ3v) is 1.86. The zero-order valence-electron chi connectivity index (χ0n) is 6.24. The summed E-state index contributed by atoms with van der Waals surface area (Å²) in [7, 11) is 0. The molecule has 58 valence electrons. The van der Waals surface area contributed by atoms with Gasteiger partial charge in [0.1, 0.15) is 6.54 Å². The van der Waals surface area contributed by atoms with Crippen molar-refractivity contribution < 1.29 is 4.79 Å². The maximum absolute atomic E-state index is 11.0. The van der Waals surface area contributed by atoms with E-state index in [0.29, 0.717) is 6.54 Å². The minimum absolute atomic E-state index is 0.0358. The molecule has 1 aromatic rings. The molecule has 1 atom stereocenters. The van der Waals surface area contributed by atoms with Crippen molar-refractivity contribution in [3.63, 3.8) is 0 Å². The topological polar surface area (TPSA) is 46.9 Å². The van der Waals surface area contributed by atoms with E-state index in [9.17, 15) is 4.79 Å². The average molecular weight is 151 g/mol. The highest BCUT2D eigenvalue weighted by atomic mass is 16.2. The maximum atomic E-state index is 11.0. The standard InChI is InChI=1S/C7H9N3O/c1-5-6-2-3-8-10(6)4-7(11)9-5/h2-3,5H,4H2,1H3,(H,9,11). The summed E-state index contributed by atoms with van der Waals surface area (Å²) in [5, 5.41) is 6.84. The molecule has 11 heavy (non-hydrogen) atoms. The van der Waals surface area contributed by atoms with E-state index < -0.39 is 0 Å². The van der Waals surface area contributed by atoms with E-state index in [1.165, 1.54) is 0 Å². The van der Waals surface area contributed by atoms with E-state index in [4.69, 9.17) is 0 Å². The normalized spacial score (nSPS) is 22.6. The summed E-state index contributed by atoms with van der Waals surface area (Å²) in [6, 6.07) is 2.02. The second kappa shape index (κ2) is 2.08. The van der Waals surface area contributed by atoms with Crippen molar-refractivity contribution >= 4 is 5.91 Å². The van der Waals surface area contributed by atoms with Gasteiger partial charge < -0.3 is 5.32 Å². The smallest absolute Gasteiger partial charge is 0.242 e. The highest BCUT2D eigenvalue weighted by Crippen LogP contribution is 2.14. The lowest BCUT2D eigenvalue weighted by molar-refractivity contribution is -0.123. The van der Waals surface area contributed by atoms with Crippen LogP contribution in [-0.4, -0.2) is 15.7 Å². The second-order valence-electron chi connectivity index (χ2n) is 2.70. The number of rotatable bonds is 0. The number of nitrogens with one attached hydrogen (secondary N) is 1. The molecular formula is C7H9N3O. The molecular weight excluding hydrogens is 142 g/mol. The van der Waals surface area contributed by atoms with Gasteiger partial charge in [-0.05, 0) is 13.0 Å². The monoisotopic (exact) mass is 151 g/mol. The largest absolute Gasteiger partial charge is 0.346 e. The summed E-state index contributed by atoms with van der Waals surface area (Å²) in [5.74, 6) is 0.0358. The van der Waals surface area contributed by atoms with Crippen LogP contribution >= 0.6 is 0 Å². The van der Waals surface area contributed by atoms with Crippen molar-refractivity contribution in [2.75, 3.05) is 0 Å². The van der Waals surface area contributed by atoms with Crippen molar-refractivity contribution in [3.8, 4) is 0 Å². The molecule has 0 fully saturated rings. The van der Waals surface area contributed by atoms with Gasteiger partial charge in [0.25, 0.3) is 0 Å². The Bertz CT molecular complexity index is 292. The van der Waals surface area contributed by atoms with Gasteiger partial charge >= 0.3 is 0 Å². The molecule has 0 aromatic carbocycles. The van der Waals surface area contributed by atoms with Crippen LogP contribution in [0.3, 0.4) is 0 Å². The number of aromatic nitrogens is 2. The predicted molar refractivity (Wildman–Crippen MR) is 38.8 cm³/mol.